The molecule has 0 aliphatic carbocycles. The van der Waals surface area contributed by atoms with E-state index in [9.17, 15) is 4.79 Å². The minimum absolute atomic E-state index is 0.148. The zero-order valence-corrected chi connectivity index (χ0v) is 19.0. The fourth-order valence-corrected chi connectivity index (χ4v) is 4.33. The minimum atomic E-state index is 0.148. The Kier molecular flexibility index (Phi) is 8.20. The molecule has 0 radical (unpaired) electrons. The highest BCUT2D eigenvalue weighted by atomic mass is 32.2. The van der Waals surface area contributed by atoms with Crippen LogP contribution in [0.15, 0.2) is 52.4 Å². The van der Waals surface area contributed by atoms with Crippen LogP contribution >= 0.6 is 11.8 Å². The Morgan fingerprint density at radius 2 is 1.73 bits per heavy atom. The number of benzene rings is 2. The molecule has 3 rings (SSSR count). The molecular weight excluding hydrogens is 392 g/mol. The first-order chi connectivity index (χ1) is 14.6. The van der Waals surface area contributed by atoms with Gasteiger partial charge in [-0.15, -0.1) is 11.8 Å². The van der Waals surface area contributed by atoms with Gasteiger partial charge in [0.15, 0.2) is 5.96 Å². The molecule has 1 aliphatic rings. The number of aryl methyl sites for hydroxylation is 1. The zero-order valence-electron chi connectivity index (χ0n) is 18.2. The van der Waals surface area contributed by atoms with Gasteiger partial charge >= 0.3 is 0 Å². The molecule has 0 aromatic heterocycles. The molecule has 1 saturated heterocycles. The molecule has 5 nitrogen and oxygen atoms in total. The SMILES string of the molecule is CN=C(NCc1ccc(C(=O)N2CCCCC2)cc1)NCc1ccc(C)cc1SC. The molecule has 0 saturated carbocycles. The Morgan fingerprint density at radius 1 is 1.03 bits per heavy atom. The molecule has 0 unspecified atom stereocenters. The molecule has 1 fully saturated rings. The third-order valence-corrected chi connectivity index (χ3v) is 6.24. The number of hydrogen-bond acceptors (Lipinski definition) is 3. The van der Waals surface area contributed by atoms with Crippen LogP contribution in [0.5, 0.6) is 0 Å². The predicted molar refractivity (Wildman–Crippen MR) is 126 cm³/mol. The number of nitrogens with zero attached hydrogens (tertiary/aromatic N) is 2. The Labute approximate surface area is 184 Å². The van der Waals surface area contributed by atoms with Gasteiger partial charge in [-0.3, -0.25) is 9.79 Å². The van der Waals surface area contributed by atoms with Crippen molar-refractivity contribution in [3.8, 4) is 0 Å². The van der Waals surface area contributed by atoms with Gasteiger partial charge in [0.05, 0.1) is 0 Å². The van der Waals surface area contributed by atoms with Crippen LogP contribution < -0.4 is 10.6 Å². The molecule has 160 valence electrons. The van der Waals surface area contributed by atoms with Crippen LogP contribution in [0.2, 0.25) is 0 Å². The first kappa shape index (κ1) is 22.2. The normalized spacial score (nSPS) is 14.5. The second-order valence-electron chi connectivity index (χ2n) is 7.64. The molecule has 2 aromatic carbocycles. The first-order valence-electron chi connectivity index (χ1n) is 10.6. The zero-order chi connectivity index (χ0) is 21.3. The van der Waals surface area contributed by atoms with E-state index in [0.717, 1.165) is 49.6 Å². The van der Waals surface area contributed by atoms with Gasteiger partial charge in [-0.25, -0.2) is 0 Å². The van der Waals surface area contributed by atoms with Crippen molar-refractivity contribution in [2.75, 3.05) is 26.4 Å². The largest absolute Gasteiger partial charge is 0.352 e. The van der Waals surface area contributed by atoms with Gasteiger partial charge in [0, 0.05) is 43.7 Å². The Morgan fingerprint density at radius 3 is 2.40 bits per heavy atom. The standard InChI is InChI=1S/C24H32N4OS/c1-18-7-10-21(22(15-18)30-3)17-27-24(25-2)26-16-19-8-11-20(12-9-19)23(29)28-13-5-4-6-14-28/h7-12,15H,4-6,13-14,16-17H2,1-3H3,(H2,25,26,27). The summed E-state index contributed by atoms with van der Waals surface area (Å²) in [6.07, 6.45) is 5.55. The van der Waals surface area contributed by atoms with Gasteiger partial charge in [0.25, 0.3) is 5.91 Å². The van der Waals surface area contributed by atoms with Crippen LogP contribution in [0, 0.1) is 6.92 Å². The second-order valence-corrected chi connectivity index (χ2v) is 8.49. The van der Waals surface area contributed by atoms with Gasteiger partial charge in [0.2, 0.25) is 0 Å². The summed E-state index contributed by atoms with van der Waals surface area (Å²) in [6, 6.07) is 14.4. The van der Waals surface area contributed by atoms with Gasteiger partial charge in [-0.1, -0.05) is 24.3 Å². The molecule has 0 spiro atoms. The predicted octanol–water partition coefficient (Wildman–Crippen LogP) is 4.21. The van der Waals surface area contributed by atoms with Crippen molar-refractivity contribution in [3.05, 3.63) is 64.7 Å². The number of thioether (sulfide) groups is 1. The minimum Gasteiger partial charge on any atom is -0.352 e. The van der Waals surface area contributed by atoms with Crippen molar-refractivity contribution in [3.63, 3.8) is 0 Å². The van der Waals surface area contributed by atoms with Gasteiger partial charge in [-0.05, 0) is 67.3 Å². The number of aliphatic imine (C=N–C) groups is 1. The third kappa shape index (κ3) is 6.02. The monoisotopic (exact) mass is 424 g/mol. The molecule has 2 N–H and O–H groups in total. The Hall–Kier alpha value is -2.47. The fraction of sp³-hybridized carbons (Fsp3) is 0.417. The molecule has 6 heteroatoms. The van der Waals surface area contributed by atoms with Crippen LogP contribution in [0.25, 0.3) is 0 Å². The fourth-order valence-electron chi connectivity index (χ4n) is 3.63. The van der Waals surface area contributed by atoms with Gasteiger partial charge < -0.3 is 15.5 Å². The summed E-state index contributed by atoms with van der Waals surface area (Å²) in [4.78, 5) is 20.2. The van der Waals surface area contributed by atoms with Crippen molar-refractivity contribution in [2.24, 2.45) is 4.99 Å². The summed E-state index contributed by atoms with van der Waals surface area (Å²) in [7, 11) is 1.78. The maximum Gasteiger partial charge on any atom is 0.253 e. The lowest BCUT2D eigenvalue weighted by Gasteiger charge is -2.26. The number of hydrogen-bond donors (Lipinski definition) is 2. The third-order valence-electron chi connectivity index (χ3n) is 5.42. The van der Waals surface area contributed by atoms with Crippen molar-refractivity contribution < 1.29 is 4.79 Å². The van der Waals surface area contributed by atoms with E-state index in [1.807, 2.05) is 29.2 Å². The molecular formula is C24H32N4OS. The van der Waals surface area contributed by atoms with E-state index < -0.39 is 0 Å². The van der Waals surface area contributed by atoms with Crippen molar-refractivity contribution in [2.45, 2.75) is 44.2 Å². The molecule has 0 atom stereocenters. The summed E-state index contributed by atoms with van der Waals surface area (Å²) in [5.74, 6) is 0.908. The van der Waals surface area contributed by atoms with Crippen LogP contribution in [-0.4, -0.2) is 43.2 Å². The van der Waals surface area contributed by atoms with E-state index >= 15 is 0 Å². The smallest absolute Gasteiger partial charge is 0.253 e. The number of carbonyl (C=O) groups excluding carboxylic acids is 1. The average Bonchev–Trinajstić information content (AvgIpc) is 2.80. The highest BCUT2D eigenvalue weighted by Gasteiger charge is 2.17. The van der Waals surface area contributed by atoms with E-state index in [1.165, 1.54) is 22.4 Å². The van der Waals surface area contributed by atoms with Crippen molar-refractivity contribution in [1.29, 1.82) is 0 Å². The van der Waals surface area contributed by atoms with Crippen LogP contribution in [0.4, 0.5) is 0 Å². The highest BCUT2D eigenvalue weighted by Crippen LogP contribution is 2.21. The van der Waals surface area contributed by atoms with Crippen LogP contribution in [0.1, 0.15) is 46.3 Å². The summed E-state index contributed by atoms with van der Waals surface area (Å²) < 4.78 is 0. The lowest BCUT2D eigenvalue weighted by atomic mass is 10.1. The number of nitrogens with one attached hydrogen (secondary N) is 2. The molecule has 1 heterocycles. The van der Waals surface area contributed by atoms with Crippen LogP contribution in [-0.2, 0) is 13.1 Å². The summed E-state index contributed by atoms with van der Waals surface area (Å²) in [5, 5.41) is 6.74. The molecule has 2 aromatic rings. The first-order valence-corrected chi connectivity index (χ1v) is 11.8. The molecule has 30 heavy (non-hydrogen) atoms. The number of piperidine rings is 1. The maximum absolute atomic E-state index is 12.6. The Bertz CT molecular complexity index is 873. The average molecular weight is 425 g/mol. The lowest BCUT2D eigenvalue weighted by Crippen LogP contribution is -2.36. The van der Waals surface area contributed by atoms with E-state index in [-0.39, 0.29) is 5.91 Å². The molecule has 0 bridgehead atoms. The maximum atomic E-state index is 12.6. The van der Waals surface area contributed by atoms with Crippen molar-refractivity contribution >= 4 is 23.6 Å². The van der Waals surface area contributed by atoms with E-state index in [0.29, 0.717) is 6.54 Å². The van der Waals surface area contributed by atoms with E-state index in [4.69, 9.17) is 0 Å². The molecule has 1 aliphatic heterocycles. The number of carbonyl (C=O) groups is 1. The second kappa shape index (κ2) is 11.1. The van der Waals surface area contributed by atoms with E-state index in [2.05, 4.69) is 47.0 Å². The van der Waals surface area contributed by atoms with Gasteiger partial charge in [-0.2, -0.15) is 0 Å². The highest BCUT2D eigenvalue weighted by molar-refractivity contribution is 7.98. The number of amides is 1. The number of guanidine groups is 1. The van der Waals surface area contributed by atoms with Crippen molar-refractivity contribution in [1.82, 2.24) is 15.5 Å². The topological polar surface area (TPSA) is 56.7 Å². The Balaban J connectivity index is 1.52. The van der Waals surface area contributed by atoms with Gasteiger partial charge in [0.1, 0.15) is 0 Å². The number of rotatable bonds is 6. The quantitative estimate of drug-likeness (QED) is 0.414. The molecule has 1 amide bonds. The summed E-state index contributed by atoms with van der Waals surface area (Å²) >= 11 is 1.76. The van der Waals surface area contributed by atoms with E-state index in [1.54, 1.807) is 18.8 Å². The summed E-state index contributed by atoms with van der Waals surface area (Å²) in [6.45, 7) is 5.25. The number of likely N-dealkylation sites (tertiary alicyclic amines) is 1. The summed E-state index contributed by atoms with van der Waals surface area (Å²) in [5.41, 5.74) is 4.42. The lowest BCUT2D eigenvalue weighted by molar-refractivity contribution is 0.0724. The van der Waals surface area contributed by atoms with Crippen LogP contribution in [0.3, 0.4) is 0 Å².